The Bertz CT molecular complexity index is 391. The summed E-state index contributed by atoms with van der Waals surface area (Å²) < 4.78 is 11.5. The molecule has 1 amide bonds. The Morgan fingerprint density at radius 1 is 1.41 bits per heavy atom. The van der Waals surface area contributed by atoms with E-state index in [0.717, 1.165) is 4.47 Å². The highest BCUT2D eigenvalue weighted by Crippen LogP contribution is 2.11. The molecule has 1 aromatic carbocycles. The van der Waals surface area contributed by atoms with Gasteiger partial charge in [-0.1, -0.05) is 22.0 Å². The van der Waals surface area contributed by atoms with Gasteiger partial charge in [0.1, 0.15) is 0 Å². The third kappa shape index (κ3) is 3.80. The van der Waals surface area contributed by atoms with Crippen molar-refractivity contribution in [1.82, 2.24) is 5.32 Å². The fourth-order valence-electron chi connectivity index (χ4n) is 1.61. The molecule has 1 fully saturated rings. The molecule has 0 atom stereocenters. The van der Waals surface area contributed by atoms with Gasteiger partial charge in [-0.15, -0.1) is 0 Å². The predicted molar refractivity (Wildman–Crippen MR) is 66.8 cm³/mol. The summed E-state index contributed by atoms with van der Waals surface area (Å²) in [4.78, 5) is 11.8. The first kappa shape index (κ1) is 12.5. The Morgan fingerprint density at radius 2 is 2.18 bits per heavy atom. The van der Waals surface area contributed by atoms with Crippen LogP contribution in [0, 0.1) is 0 Å². The van der Waals surface area contributed by atoms with Crippen molar-refractivity contribution in [3.05, 3.63) is 34.3 Å². The molecular formula is C12H14BrNO3. The molecule has 0 unspecified atom stereocenters. The van der Waals surface area contributed by atoms with Gasteiger partial charge in [-0.05, 0) is 18.2 Å². The summed E-state index contributed by atoms with van der Waals surface area (Å²) in [6, 6.07) is 7.29. The Labute approximate surface area is 108 Å². The molecule has 92 valence electrons. The van der Waals surface area contributed by atoms with Crippen molar-refractivity contribution in [2.75, 3.05) is 19.8 Å². The molecular weight excluding hydrogens is 286 g/mol. The van der Waals surface area contributed by atoms with E-state index in [1.165, 1.54) is 0 Å². The molecule has 2 rings (SSSR count). The van der Waals surface area contributed by atoms with Crippen molar-refractivity contribution < 1.29 is 14.3 Å². The molecule has 17 heavy (non-hydrogen) atoms. The first-order chi connectivity index (χ1) is 8.25. The molecule has 5 heteroatoms. The number of amides is 1. The van der Waals surface area contributed by atoms with E-state index in [1.54, 1.807) is 12.1 Å². The summed E-state index contributed by atoms with van der Waals surface area (Å²) >= 11 is 3.33. The topological polar surface area (TPSA) is 47.6 Å². The van der Waals surface area contributed by atoms with Crippen molar-refractivity contribution in [2.24, 2.45) is 0 Å². The smallest absolute Gasteiger partial charge is 0.251 e. The highest BCUT2D eigenvalue weighted by Gasteiger charge is 2.15. The van der Waals surface area contributed by atoms with Crippen LogP contribution >= 0.6 is 15.9 Å². The van der Waals surface area contributed by atoms with Crippen molar-refractivity contribution in [3.63, 3.8) is 0 Å². The molecule has 0 spiro atoms. The molecule has 1 aliphatic heterocycles. The minimum Gasteiger partial charge on any atom is -0.352 e. The Hall–Kier alpha value is -0.910. The lowest BCUT2D eigenvalue weighted by molar-refractivity contribution is -0.0455. The van der Waals surface area contributed by atoms with Gasteiger partial charge in [-0.3, -0.25) is 4.79 Å². The van der Waals surface area contributed by atoms with Crippen molar-refractivity contribution >= 4 is 21.8 Å². The standard InChI is InChI=1S/C12H14BrNO3/c13-10-3-1-2-9(8-10)12(15)14-5-4-11-16-6-7-17-11/h1-3,8,11H,4-7H2,(H,14,15). The highest BCUT2D eigenvalue weighted by molar-refractivity contribution is 9.10. The van der Waals surface area contributed by atoms with E-state index in [4.69, 9.17) is 9.47 Å². The van der Waals surface area contributed by atoms with Gasteiger partial charge in [0.25, 0.3) is 5.91 Å². The van der Waals surface area contributed by atoms with Gasteiger partial charge in [-0.2, -0.15) is 0 Å². The van der Waals surface area contributed by atoms with Crippen LogP contribution in [0.5, 0.6) is 0 Å². The number of carbonyl (C=O) groups excluding carboxylic acids is 1. The fraction of sp³-hybridized carbons (Fsp3) is 0.417. The van der Waals surface area contributed by atoms with Crippen LogP contribution in [-0.2, 0) is 9.47 Å². The maximum Gasteiger partial charge on any atom is 0.251 e. The van der Waals surface area contributed by atoms with Gasteiger partial charge in [0.15, 0.2) is 6.29 Å². The summed E-state index contributed by atoms with van der Waals surface area (Å²) in [6.45, 7) is 1.84. The third-order valence-electron chi connectivity index (χ3n) is 2.44. The van der Waals surface area contributed by atoms with Crippen LogP contribution < -0.4 is 5.32 Å². The minimum atomic E-state index is -0.169. The molecule has 1 aromatic rings. The van der Waals surface area contributed by atoms with E-state index in [2.05, 4.69) is 21.2 Å². The average molecular weight is 300 g/mol. The van der Waals surface area contributed by atoms with Crippen LogP contribution in [-0.4, -0.2) is 32.0 Å². The van der Waals surface area contributed by atoms with Gasteiger partial charge in [0, 0.05) is 23.0 Å². The van der Waals surface area contributed by atoms with E-state index in [-0.39, 0.29) is 12.2 Å². The molecule has 0 radical (unpaired) electrons. The summed E-state index contributed by atoms with van der Waals surface area (Å²) in [6.07, 6.45) is 0.512. The summed E-state index contributed by atoms with van der Waals surface area (Å²) in [5.41, 5.74) is 0.646. The zero-order chi connectivity index (χ0) is 12.1. The number of carbonyl (C=O) groups is 1. The lowest BCUT2D eigenvalue weighted by Crippen LogP contribution is -2.27. The van der Waals surface area contributed by atoms with Crippen molar-refractivity contribution in [3.8, 4) is 0 Å². The second kappa shape index (κ2) is 6.14. The number of rotatable bonds is 4. The van der Waals surface area contributed by atoms with E-state index in [0.29, 0.717) is 31.7 Å². The average Bonchev–Trinajstić information content (AvgIpc) is 2.82. The number of benzene rings is 1. The highest BCUT2D eigenvalue weighted by atomic mass is 79.9. The maximum atomic E-state index is 11.8. The number of hydrogen-bond acceptors (Lipinski definition) is 3. The van der Waals surface area contributed by atoms with E-state index in [1.807, 2.05) is 12.1 Å². The number of halogens is 1. The second-order valence-electron chi connectivity index (χ2n) is 3.73. The van der Waals surface area contributed by atoms with Crippen molar-refractivity contribution in [2.45, 2.75) is 12.7 Å². The van der Waals surface area contributed by atoms with E-state index in [9.17, 15) is 4.79 Å². The normalized spacial score (nSPS) is 16.1. The van der Waals surface area contributed by atoms with Gasteiger partial charge in [0.05, 0.1) is 13.2 Å². The lowest BCUT2D eigenvalue weighted by Gasteiger charge is -2.09. The molecule has 1 saturated heterocycles. The van der Waals surface area contributed by atoms with Gasteiger partial charge in [-0.25, -0.2) is 0 Å². The number of nitrogens with one attached hydrogen (secondary N) is 1. The number of ether oxygens (including phenoxy) is 2. The lowest BCUT2D eigenvalue weighted by atomic mass is 10.2. The minimum absolute atomic E-state index is 0.0794. The molecule has 1 aliphatic rings. The van der Waals surface area contributed by atoms with Crippen LogP contribution in [0.2, 0.25) is 0 Å². The molecule has 0 aliphatic carbocycles. The number of hydrogen-bond donors (Lipinski definition) is 1. The van der Waals surface area contributed by atoms with Gasteiger partial charge >= 0.3 is 0 Å². The van der Waals surface area contributed by atoms with Crippen molar-refractivity contribution in [1.29, 1.82) is 0 Å². The quantitative estimate of drug-likeness (QED) is 0.924. The van der Waals surface area contributed by atoms with Crippen LogP contribution in [0.15, 0.2) is 28.7 Å². The molecule has 0 bridgehead atoms. The van der Waals surface area contributed by atoms with Crippen LogP contribution in [0.25, 0.3) is 0 Å². The first-order valence-electron chi connectivity index (χ1n) is 5.53. The Balaban J connectivity index is 1.77. The first-order valence-corrected chi connectivity index (χ1v) is 6.32. The largest absolute Gasteiger partial charge is 0.352 e. The summed E-state index contributed by atoms with van der Waals surface area (Å²) in [7, 11) is 0. The second-order valence-corrected chi connectivity index (χ2v) is 4.64. The van der Waals surface area contributed by atoms with Gasteiger partial charge in [0.2, 0.25) is 0 Å². The summed E-state index contributed by atoms with van der Waals surface area (Å²) in [5.74, 6) is -0.0794. The zero-order valence-electron chi connectivity index (χ0n) is 9.32. The third-order valence-corrected chi connectivity index (χ3v) is 2.94. The van der Waals surface area contributed by atoms with E-state index < -0.39 is 0 Å². The van der Waals surface area contributed by atoms with Gasteiger partial charge < -0.3 is 14.8 Å². The fourth-order valence-corrected chi connectivity index (χ4v) is 2.01. The monoisotopic (exact) mass is 299 g/mol. The van der Waals surface area contributed by atoms with E-state index >= 15 is 0 Å². The van der Waals surface area contributed by atoms with Crippen LogP contribution in [0.1, 0.15) is 16.8 Å². The Kier molecular flexibility index (Phi) is 4.53. The molecule has 0 aromatic heterocycles. The Morgan fingerprint density at radius 3 is 2.88 bits per heavy atom. The molecule has 0 saturated carbocycles. The molecule has 1 heterocycles. The van der Waals surface area contributed by atoms with Crippen LogP contribution in [0.3, 0.4) is 0 Å². The maximum absolute atomic E-state index is 11.8. The zero-order valence-corrected chi connectivity index (χ0v) is 10.9. The summed E-state index contributed by atoms with van der Waals surface area (Å²) in [5, 5.41) is 2.83. The molecule has 1 N–H and O–H groups in total. The SMILES string of the molecule is O=C(NCCC1OCCO1)c1cccc(Br)c1. The van der Waals surface area contributed by atoms with Crippen LogP contribution in [0.4, 0.5) is 0 Å². The predicted octanol–water partition coefficient (Wildman–Crippen LogP) is 1.94. The molecule has 4 nitrogen and oxygen atoms in total.